The topological polar surface area (TPSA) is 59.6 Å². The molecule has 6 rings (SSSR count). The Labute approximate surface area is 154 Å². The van der Waals surface area contributed by atoms with E-state index in [0.29, 0.717) is 31.1 Å². The Bertz CT molecular complexity index is 676. The van der Waals surface area contributed by atoms with Gasteiger partial charge in [-0.25, -0.2) is 4.79 Å². The highest BCUT2D eigenvalue weighted by atomic mass is 16.6. The van der Waals surface area contributed by atoms with E-state index in [9.17, 15) is 4.79 Å². The average Bonchev–Trinajstić information content (AvgIpc) is 2.63. The van der Waals surface area contributed by atoms with Crippen LogP contribution in [0, 0.1) is 23.7 Å². The predicted octanol–water partition coefficient (Wildman–Crippen LogP) is 3.64. The van der Waals surface area contributed by atoms with E-state index in [4.69, 9.17) is 9.47 Å². The van der Waals surface area contributed by atoms with Gasteiger partial charge in [-0.1, -0.05) is 6.07 Å². The van der Waals surface area contributed by atoms with Crippen molar-refractivity contribution in [3.05, 3.63) is 23.8 Å². The van der Waals surface area contributed by atoms with Crippen molar-refractivity contribution >= 4 is 6.03 Å². The number of carbonyl (C=O) groups is 1. The zero-order valence-corrected chi connectivity index (χ0v) is 15.4. The molecule has 0 aromatic heterocycles. The van der Waals surface area contributed by atoms with Crippen LogP contribution in [-0.2, 0) is 0 Å². The summed E-state index contributed by atoms with van der Waals surface area (Å²) in [7, 11) is 0. The minimum absolute atomic E-state index is 0.0372. The van der Waals surface area contributed by atoms with Gasteiger partial charge < -0.3 is 20.1 Å². The van der Waals surface area contributed by atoms with Crippen molar-refractivity contribution in [2.75, 3.05) is 13.2 Å². The van der Waals surface area contributed by atoms with Crippen LogP contribution in [0.3, 0.4) is 0 Å². The SMILES string of the molecule is CC(NC(=O)NC1C2CC3CC(C2)CC1C3)c1ccc2c(c1)OCCO2. The second kappa shape index (κ2) is 6.36. The second-order valence-electron chi connectivity index (χ2n) is 8.70. The summed E-state index contributed by atoms with van der Waals surface area (Å²) in [5.74, 6) is 4.79. The smallest absolute Gasteiger partial charge is 0.315 e. The summed E-state index contributed by atoms with van der Waals surface area (Å²) in [4.78, 5) is 12.6. The summed E-state index contributed by atoms with van der Waals surface area (Å²) < 4.78 is 11.2. The lowest BCUT2D eigenvalue weighted by atomic mass is 9.54. The van der Waals surface area contributed by atoms with Crippen LogP contribution in [0.15, 0.2) is 18.2 Å². The second-order valence-corrected chi connectivity index (χ2v) is 8.70. The van der Waals surface area contributed by atoms with Gasteiger partial charge in [-0.15, -0.1) is 0 Å². The molecule has 0 saturated heterocycles. The highest BCUT2D eigenvalue weighted by molar-refractivity contribution is 5.75. The summed E-state index contributed by atoms with van der Waals surface area (Å²) in [5.41, 5.74) is 1.04. The minimum atomic E-state index is -0.0670. The van der Waals surface area contributed by atoms with Gasteiger partial charge in [-0.05, 0) is 80.4 Å². The van der Waals surface area contributed by atoms with Crippen LogP contribution >= 0.6 is 0 Å². The fraction of sp³-hybridized carbons (Fsp3) is 0.667. The molecular weight excluding hydrogens is 328 g/mol. The minimum Gasteiger partial charge on any atom is -0.486 e. The average molecular weight is 356 g/mol. The number of fused-ring (bicyclic) bond motifs is 1. The van der Waals surface area contributed by atoms with Crippen molar-refractivity contribution in [2.45, 2.75) is 51.1 Å². The summed E-state index contributed by atoms with van der Waals surface area (Å²) in [6, 6.07) is 6.17. The molecule has 4 bridgehead atoms. The summed E-state index contributed by atoms with van der Waals surface area (Å²) in [6.45, 7) is 3.18. The Morgan fingerprint density at radius 2 is 1.65 bits per heavy atom. The zero-order chi connectivity index (χ0) is 17.7. The normalized spacial score (nSPS) is 35.0. The van der Waals surface area contributed by atoms with E-state index in [2.05, 4.69) is 10.6 Å². The zero-order valence-electron chi connectivity index (χ0n) is 15.4. The molecule has 1 atom stereocenters. The maximum atomic E-state index is 12.6. The Hall–Kier alpha value is -1.91. The number of nitrogens with one attached hydrogen (secondary N) is 2. The van der Waals surface area contributed by atoms with E-state index in [1.165, 1.54) is 32.1 Å². The first-order valence-corrected chi connectivity index (χ1v) is 10.1. The lowest BCUT2D eigenvalue weighted by molar-refractivity contribution is -0.00950. The molecule has 5 aliphatic rings. The van der Waals surface area contributed by atoms with E-state index >= 15 is 0 Å². The van der Waals surface area contributed by atoms with Gasteiger partial charge in [-0.3, -0.25) is 0 Å². The molecule has 5 nitrogen and oxygen atoms in total. The van der Waals surface area contributed by atoms with Gasteiger partial charge in [0.2, 0.25) is 0 Å². The van der Waals surface area contributed by atoms with Crippen molar-refractivity contribution in [3.63, 3.8) is 0 Å². The molecule has 1 aromatic rings. The van der Waals surface area contributed by atoms with Crippen LogP contribution in [0.1, 0.15) is 50.6 Å². The van der Waals surface area contributed by atoms with Gasteiger partial charge in [0.1, 0.15) is 13.2 Å². The van der Waals surface area contributed by atoms with Crippen molar-refractivity contribution in [2.24, 2.45) is 23.7 Å². The molecule has 1 unspecified atom stereocenters. The molecule has 0 spiro atoms. The van der Waals surface area contributed by atoms with Crippen LogP contribution in [0.5, 0.6) is 11.5 Å². The molecule has 4 saturated carbocycles. The summed E-state index contributed by atoms with van der Waals surface area (Å²) in [6.07, 6.45) is 6.70. The molecule has 2 N–H and O–H groups in total. The number of ether oxygens (including phenoxy) is 2. The third-order valence-electron chi connectivity index (χ3n) is 6.94. The standard InChI is InChI=1S/C21H28N2O3/c1-12(15-2-3-18-19(11-15)26-5-4-25-18)22-21(24)23-20-16-7-13-6-14(9-16)10-17(20)8-13/h2-3,11-14,16-17,20H,4-10H2,1H3,(H2,22,23,24). The van der Waals surface area contributed by atoms with E-state index < -0.39 is 0 Å². The highest BCUT2D eigenvalue weighted by Gasteiger charge is 2.48. The number of urea groups is 1. The molecule has 4 fully saturated rings. The van der Waals surface area contributed by atoms with Crippen molar-refractivity contribution in [3.8, 4) is 11.5 Å². The molecule has 0 radical (unpaired) electrons. The Balaban J connectivity index is 1.22. The molecule has 4 aliphatic carbocycles. The quantitative estimate of drug-likeness (QED) is 0.869. The molecule has 1 aliphatic heterocycles. The molecule has 1 aromatic carbocycles. The van der Waals surface area contributed by atoms with Crippen molar-refractivity contribution < 1.29 is 14.3 Å². The van der Waals surface area contributed by atoms with Crippen LogP contribution < -0.4 is 20.1 Å². The van der Waals surface area contributed by atoms with Gasteiger partial charge in [0.25, 0.3) is 0 Å². The number of hydrogen-bond acceptors (Lipinski definition) is 3. The molecular formula is C21H28N2O3. The number of benzene rings is 1. The van der Waals surface area contributed by atoms with Crippen LogP contribution in [0.4, 0.5) is 4.79 Å². The van der Waals surface area contributed by atoms with E-state index in [0.717, 1.165) is 28.9 Å². The first-order valence-electron chi connectivity index (χ1n) is 10.1. The molecule has 2 amide bonds. The number of hydrogen-bond donors (Lipinski definition) is 2. The number of amides is 2. The Kier molecular flexibility index (Phi) is 3.98. The van der Waals surface area contributed by atoms with Gasteiger partial charge in [0, 0.05) is 6.04 Å². The number of rotatable bonds is 3. The largest absolute Gasteiger partial charge is 0.486 e. The van der Waals surface area contributed by atoms with Crippen LogP contribution in [0.25, 0.3) is 0 Å². The van der Waals surface area contributed by atoms with E-state index in [1.54, 1.807) is 0 Å². The lowest BCUT2D eigenvalue weighted by Gasteiger charge is -2.54. The van der Waals surface area contributed by atoms with Gasteiger partial charge in [0.15, 0.2) is 11.5 Å². The Morgan fingerprint density at radius 3 is 2.35 bits per heavy atom. The van der Waals surface area contributed by atoms with Crippen LogP contribution in [-0.4, -0.2) is 25.3 Å². The fourth-order valence-electron chi connectivity index (χ4n) is 5.96. The van der Waals surface area contributed by atoms with Gasteiger partial charge in [-0.2, -0.15) is 0 Å². The third kappa shape index (κ3) is 2.91. The molecule has 26 heavy (non-hydrogen) atoms. The summed E-state index contributed by atoms with van der Waals surface area (Å²) in [5, 5.41) is 6.43. The molecule has 140 valence electrons. The van der Waals surface area contributed by atoms with E-state index in [-0.39, 0.29) is 12.1 Å². The monoisotopic (exact) mass is 356 g/mol. The molecule has 1 heterocycles. The fourth-order valence-corrected chi connectivity index (χ4v) is 5.96. The molecule has 5 heteroatoms. The summed E-state index contributed by atoms with van der Waals surface area (Å²) >= 11 is 0. The van der Waals surface area contributed by atoms with Crippen molar-refractivity contribution in [1.29, 1.82) is 0 Å². The van der Waals surface area contributed by atoms with Gasteiger partial charge in [0.05, 0.1) is 6.04 Å². The van der Waals surface area contributed by atoms with Crippen LogP contribution in [0.2, 0.25) is 0 Å². The lowest BCUT2D eigenvalue weighted by Crippen LogP contribution is -2.57. The first-order chi connectivity index (χ1) is 12.7. The third-order valence-corrected chi connectivity index (χ3v) is 6.94. The first kappa shape index (κ1) is 16.3. The maximum absolute atomic E-state index is 12.6. The Morgan fingerprint density at radius 1 is 1.00 bits per heavy atom. The highest BCUT2D eigenvalue weighted by Crippen LogP contribution is 2.53. The van der Waals surface area contributed by atoms with Gasteiger partial charge >= 0.3 is 6.03 Å². The maximum Gasteiger partial charge on any atom is 0.315 e. The number of carbonyl (C=O) groups excluding carboxylic acids is 1. The van der Waals surface area contributed by atoms with E-state index in [1.807, 2.05) is 25.1 Å². The predicted molar refractivity (Wildman–Crippen MR) is 98.3 cm³/mol. The van der Waals surface area contributed by atoms with Crippen molar-refractivity contribution in [1.82, 2.24) is 10.6 Å².